The van der Waals surface area contributed by atoms with Crippen LogP contribution in [0.15, 0.2) is 83.8 Å². The monoisotopic (exact) mass is 538 g/mol. The lowest BCUT2D eigenvalue weighted by molar-refractivity contribution is 0.0504. The minimum Gasteiger partial charge on any atom is -0.465 e. The normalized spacial score (nSPS) is 12.3. The zero-order valence-electron chi connectivity index (χ0n) is 22.3. The van der Waals surface area contributed by atoms with Crippen LogP contribution in [0.3, 0.4) is 0 Å². The molecule has 1 atom stereocenters. The Kier molecular flexibility index (Phi) is 9.17. The van der Waals surface area contributed by atoms with Gasteiger partial charge in [-0.3, -0.25) is 4.31 Å². The molecule has 1 N–H and O–H groups in total. The van der Waals surface area contributed by atoms with E-state index in [0.717, 1.165) is 15.4 Å². The molecule has 3 aromatic rings. The smallest absolute Gasteiger partial charge is 0.407 e. The average Bonchev–Trinajstić information content (AvgIpc) is 2.86. The van der Waals surface area contributed by atoms with Crippen molar-refractivity contribution >= 4 is 27.8 Å². The number of carbonyl (C=O) groups excluding carboxylic acids is 2. The minimum absolute atomic E-state index is 0.0542. The molecule has 0 saturated carbocycles. The van der Waals surface area contributed by atoms with Crippen molar-refractivity contribution in [1.82, 2.24) is 5.32 Å². The summed E-state index contributed by atoms with van der Waals surface area (Å²) in [5.74, 6) is -0.676. The van der Waals surface area contributed by atoms with Crippen LogP contribution in [0, 0.1) is 6.92 Å². The number of esters is 1. The number of nitrogens with one attached hydrogen (secondary N) is 1. The number of nitrogens with zero attached hydrogens (tertiary/aromatic N) is 1. The van der Waals surface area contributed by atoms with Crippen LogP contribution in [0.25, 0.3) is 0 Å². The highest BCUT2D eigenvalue weighted by molar-refractivity contribution is 7.92. The maximum atomic E-state index is 14.0. The molecule has 0 aromatic heterocycles. The van der Waals surface area contributed by atoms with E-state index in [1.54, 1.807) is 51.1 Å². The summed E-state index contributed by atoms with van der Waals surface area (Å²) >= 11 is 0. The number of benzene rings is 3. The van der Waals surface area contributed by atoms with E-state index in [0.29, 0.717) is 6.42 Å². The van der Waals surface area contributed by atoms with Crippen molar-refractivity contribution in [2.45, 2.75) is 50.7 Å². The van der Waals surface area contributed by atoms with Gasteiger partial charge in [-0.2, -0.15) is 0 Å². The number of para-hydroxylation sites is 1. The Hall–Kier alpha value is -3.85. The summed E-state index contributed by atoms with van der Waals surface area (Å²) in [4.78, 5) is 25.5. The van der Waals surface area contributed by atoms with Crippen LogP contribution < -0.4 is 9.62 Å². The van der Waals surface area contributed by atoms with E-state index in [-0.39, 0.29) is 22.7 Å². The Morgan fingerprint density at radius 3 is 2.13 bits per heavy atom. The van der Waals surface area contributed by atoms with Crippen LogP contribution in [0.5, 0.6) is 0 Å². The molecule has 0 heterocycles. The van der Waals surface area contributed by atoms with Crippen LogP contribution in [0.1, 0.15) is 42.3 Å². The minimum atomic E-state index is -4.16. The lowest BCUT2D eigenvalue weighted by atomic mass is 10.1. The summed E-state index contributed by atoms with van der Waals surface area (Å²) in [6, 6.07) is 21.5. The molecule has 0 aliphatic heterocycles. The first-order valence-corrected chi connectivity index (χ1v) is 13.6. The quantitative estimate of drug-likeness (QED) is 0.380. The molecule has 0 saturated heterocycles. The van der Waals surface area contributed by atoms with Gasteiger partial charge in [0.1, 0.15) is 5.60 Å². The third-order valence-corrected chi connectivity index (χ3v) is 7.41. The van der Waals surface area contributed by atoms with Gasteiger partial charge in [-0.15, -0.1) is 0 Å². The van der Waals surface area contributed by atoms with Crippen molar-refractivity contribution < 1.29 is 27.5 Å². The summed E-state index contributed by atoms with van der Waals surface area (Å²) in [5, 5.41) is 2.83. The molecule has 0 fully saturated rings. The van der Waals surface area contributed by atoms with Gasteiger partial charge in [0.2, 0.25) is 0 Å². The molecule has 0 spiro atoms. The van der Waals surface area contributed by atoms with Gasteiger partial charge in [0.15, 0.2) is 0 Å². The van der Waals surface area contributed by atoms with Crippen LogP contribution in [-0.4, -0.2) is 45.8 Å². The van der Waals surface area contributed by atoms with Gasteiger partial charge >= 0.3 is 12.1 Å². The van der Waals surface area contributed by atoms with Crippen molar-refractivity contribution in [2.75, 3.05) is 18.0 Å². The number of rotatable bonds is 9. The number of anilines is 1. The number of ether oxygens (including phenoxy) is 2. The molecule has 0 radical (unpaired) electrons. The highest BCUT2D eigenvalue weighted by Crippen LogP contribution is 2.29. The molecule has 3 rings (SSSR count). The molecule has 9 heteroatoms. The lowest BCUT2D eigenvalue weighted by Crippen LogP contribution is -2.48. The maximum absolute atomic E-state index is 14.0. The number of sulfonamides is 1. The van der Waals surface area contributed by atoms with E-state index in [2.05, 4.69) is 5.32 Å². The second-order valence-electron chi connectivity index (χ2n) is 9.89. The third kappa shape index (κ3) is 7.58. The second-order valence-corrected chi connectivity index (χ2v) is 11.8. The van der Waals surface area contributed by atoms with Gasteiger partial charge in [-0.25, -0.2) is 18.0 Å². The molecular formula is C29H34N2O6S. The summed E-state index contributed by atoms with van der Waals surface area (Å²) < 4.78 is 39.6. The van der Waals surface area contributed by atoms with E-state index in [1.165, 1.54) is 25.3 Å². The predicted octanol–water partition coefficient (Wildman–Crippen LogP) is 5.11. The van der Waals surface area contributed by atoms with Gasteiger partial charge in [0, 0.05) is 0 Å². The lowest BCUT2D eigenvalue weighted by Gasteiger charge is -2.31. The maximum Gasteiger partial charge on any atom is 0.407 e. The highest BCUT2D eigenvalue weighted by atomic mass is 32.2. The van der Waals surface area contributed by atoms with Crippen LogP contribution in [0.2, 0.25) is 0 Å². The molecule has 0 aliphatic carbocycles. The van der Waals surface area contributed by atoms with Gasteiger partial charge in [-0.05, 0) is 63.9 Å². The fourth-order valence-corrected chi connectivity index (χ4v) is 5.40. The molecule has 1 amide bonds. The number of aryl methyl sites for hydroxylation is 1. The summed E-state index contributed by atoms with van der Waals surface area (Å²) in [5.41, 5.74) is 1.28. The van der Waals surface area contributed by atoms with E-state index in [9.17, 15) is 18.0 Å². The summed E-state index contributed by atoms with van der Waals surface area (Å²) in [6.07, 6.45) is -0.354. The molecule has 38 heavy (non-hydrogen) atoms. The Morgan fingerprint density at radius 2 is 1.53 bits per heavy atom. The predicted molar refractivity (Wildman–Crippen MR) is 147 cm³/mol. The van der Waals surface area contributed by atoms with E-state index < -0.39 is 33.7 Å². The number of hydrogen-bond acceptors (Lipinski definition) is 6. The third-order valence-electron chi connectivity index (χ3n) is 5.62. The van der Waals surface area contributed by atoms with Gasteiger partial charge < -0.3 is 14.8 Å². The van der Waals surface area contributed by atoms with Gasteiger partial charge in [0.05, 0.1) is 35.8 Å². The fraction of sp³-hybridized carbons (Fsp3) is 0.310. The number of amides is 1. The number of methoxy groups -OCH3 is 1. The summed E-state index contributed by atoms with van der Waals surface area (Å²) in [7, 11) is -2.92. The van der Waals surface area contributed by atoms with Crippen molar-refractivity contribution in [3.63, 3.8) is 0 Å². The molecule has 8 nitrogen and oxygen atoms in total. The number of alkyl carbamates (subject to hydrolysis) is 1. The average molecular weight is 539 g/mol. The highest BCUT2D eigenvalue weighted by Gasteiger charge is 2.32. The summed E-state index contributed by atoms with van der Waals surface area (Å²) in [6.45, 7) is 6.94. The van der Waals surface area contributed by atoms with Gasteiger partial charge in [0.25, 0.3) is 10.0 Å². The van der Waals surface area contributed by atoms with Crippen LogP contribution >= 0.6 is 0 Å². The van der Waals surface area contributed by atoms with Crippen molar-refractivity contribution in [3.05, 3.63) is 95.6 Å². The van der Waals surface area contributed by atoms with Crippen molar-refractivity contribution in [2.24, 2.45) is 0 Å². The van der Waals surface area contributed by atoms with Crippen molar-refractivity contribution in [3.8, 4) is 0 Å². The Balaban J connectivity index is 2.11. The topological polar surface area (TPSA) is 102 Å². The van der Waals surface area contributed by atoms with Crippen LogP contribution in [-0.2, 0) is 25.9 Å². The molecule has 3 aromatic carbocycles. The molecule has 0 unspecified atom stereocenters. The zero-order chi connectivity index (χ0) is 27.9. The molecule has 202 valence electrons. The first kappa shape index (κ1) is 28.7. The van der Waals surface area contributed by atoms with E-state index in [4.69, 9.17) is 9.47 Å². The number of carbonyl (C=O) groups is 2. The molecule has 0 bridgehead atoms. The van der Waals surface area contributed by atoms with E-state index >= 15 is 0 Å². The Bertz CT molecular complexity index is 1350. The molecule has 0 aliphatic rings. The zero-order valence-corrected chi connectivity index (χ0v) is 23.1. The van der Waals surface area contributed by atoms with Crippen LogP contribution in [0.4, 0.5) is 10.5 Å². The molecular weight excluding hydrogens is 504 g/mol. The SMILES string of the molecule is COC(=O)c1ccccc1N(C[C@H](Cc1ccccc1)NC(=O)OC(C)(C)C)S(=O)(=O)c1ccc(C)cc1. The van der Waals surface area contributed by atoms with Crippen molar-refractivity contribution in [1.29, 1.82) is 0 Å². The Labute approximate surface area is 224 Å². The largest absolute Gasteiger partial charge is 0.465 e. The first-order valence-electron chi connectivity index (χ1n) is 12.2. The van der Waals surface area contributed by atoms with Gasteiger partial charge in [-0.1, -0.05) is 60.2 Å². The first-order chi connectivity index (χ1) is 17.9. The second kappa shape index (κ2) is 12.1. The number of hydrogen-bond donors (Lipinski definition) is 1. The van der Waals surface area contributed by atoms with E-state index in [1.807, 2.05) is 37.3 Å². The fourth-order valence-electron chi connectivity index (χ4n) is 3.87. The Morgan fingerprint density at radius 1 is 0.921 bits per heavy atom. The standard InChI is InChI=1S/C29H34N2O6S/c1-21-15-17-24(18-16-21)38(34,35)31(26-14-10-9-13-25(26)27(32)36-5)20-23(19-22-11-7-6-8-12-22)30-28(33)37-29(2,3)4/h6-18,23H,19-20H2,1-5H3,(H,30,33)/t23-/m0/s1.